The third-order valence-electron chi connectivity index (χ3n) is 5.94. The Morgan fingerprint density at radius 1 is 1.03 bits per heavy atom. The lowest BCUT2D eigenvalue weighted by Gasteiger charge is -2.42. The first-order valence-electron chi connectivity index (χ1n) is 11.7. The van der Waals surface area contributed by atoms with E-state index in [9.17, 15) is 9.59 Å². The van der Waals surface area contributed by atoms with E-state index in [2.05, 4.69) is 4.98 Å². The van der Waals surface area contributed by atoms with Gasteiger partial charge in [-0.15, -0.1) is 0 Å². The van der Waals surface area contributed by atoms with Crippen molar-refractivity contribution in [1.82, 2.24) is 9.55 Å². The van der Waals surface area contributed by atoms with Crippen LogP contribution in [0.25, 0.3) is 11.1 Å². The summed E-state index contributed by atoms with van der Waals surface area (Å²) < 4.78 is 24.7. The van der Waals surface area contributed by atoms with Gasteiger partial charge in [0.05, 0.1) is 18.9 Å². The van der Waals surface area contributed by atoms with Crippen molar-refractivity contribution in [2.45, 2.75) is 40.2 Å². The van der Waals surface area contributed by atoms with Gasteiger partial charge in [0.2, 0.25) is 0 Å². The Kier molecular flexibility index (Phi) is 9.08. The number of hydrogen-bond acceptors (Lipinski definition) is 7. The Balaban J connectivity index is 1.97. The summed E-state index contributed by atoms with van der Waals surface area (Å²) >= 11 is 0. The third-order valence-corrected chi connectivity index (χ3v) is 5.94. The van der Waals surface area contributed by atoms with Crippen LogP contribution in [0, 0.1) is 11.3 Å². The molecule has 3 aromatic rings. The first kappa shape index (κ1) is 26.7. The number of nitrogens with two attached hydrogens (primary N) is 1. The summed E-state index contributed by atoms with van der Waals surface area (Å²) in [6, 6.07) is 17.8. The molecule has 9 nitrogen and oxygen atoms in total. The number of ether oxygens (including phenoxy) is 4. The molecule has 1 amide bonds. The van der Waals surface area contributed by atoms with Crippen molar-refractivity contribution in [3.8, 4) is 16.9 Å². The summed E-state index contributed by atoms with van der Waals surface area (Å²) in [5.74, 6) is -0.462. The summed E-state index contributed by atoms with van der Waals surface area (Å²) in [6.07, 6.45) is 2.07. The lowest BCUT2D eigenvalue weighted by atomic mass is 9.77. The van der Waals surface area contributed by atoms with E-state index in [-0.39, 0.29) is 6.61 Å². The number of rotatable bonds is 12. The van der Waals surface area contributed by atoms with E-state index in [1.54, 1.807) is 37.1 Å². The van der Waals surface area contributed by atoms with Gasteiger partial charge >= 0.3 is 12.1 Å². The number of amides is 1. The van der Waals surface area contributed by atoms with Crippen LogP contribution in [-0.2, 0) is 19.0 Å². The number of primary amides is 1. The van der Waals surface area contributed by atoms with Crippen LogP contribution in [0.1, 0.15) is 33.9 Å². The summed E-state index contributed by atoms with van der Waals surface area (Å²) in [5, 5.41) is 0. The fraction of sp³-hybridized carbons (Fsp3) is 0.370. The molecule has 0 radical (unpaired) electrons. The first-order chi connectivity index (χ1) is 17.2. The van der Waals surface area contributed by atoms with Gasteiger partial charge in [0.15, 0.2) is 6.23 Å². The Hall–Kier alpha value is -3.85. The van der Waals surface area contributed by atoms with E-state index >= 15 is 0 Å². The zero-order chi connectivity index (χ0) is 26.1. The molecule has 192 valence electrons. The molecule has 9 heteroatoms. The Bertz CT molecular complexity index is 1080. The van der Waals surface area contributed by atoms with Crippen LogP contribution in [0.15, 0.2) is 73.3 Å². The lowest BCUT2D eigenvalue weighted by molar-refractivity contribution is -0.207. The highest BCUT2D eigenvalue weighted by Crippen LogP contribution is 2.41. The quantitative estimate of drug-likeness (QED) is 0.284. The van der Waals surface area contributed by atoms with Crippen LogP contribution in [0.3, 0.4) is 0 Å². The average molecular weight is 496 g/mol. The molecule has 1 heterocycles. The summed E-state index contributed by atoms with van der Waals surface area (Å²) in [4.78, 5) is 27.6. The average Bonchev–Trinajstić information content (AvgIpc) is 3.38. The van der Waals surface area contributed by atoms with Gasteiger partial charge in [-0.05, 0) is 30.2 Å². The predicted octanol–water partition coefficient (Wildman–Crippen LogP) is 4.79. The molecule has 0 fully saturated rings. The van der Waals surface area contributed by atoms with E-state index in [0.717, 1.165) is 11.1 Å². The molecule has 36 heavy (non-hydrogen) atoms. The third kappa shape index (κ3) is 6.85. The van der Waals surface area contributed by atoms with Crippen LogP contribution in [0.5, 0.6) is 5.75 Å². The Morgan fingerprint density at radius 2 is 1.69 bits per heavy atom. The second kappa shape index (κ2) is 12.2. The SMILES string of the molecule is CCOCC(C(Oc1ccc(-c2ccccc2)cc1)n1ccnc1)C(C)(C)C(OC(C)=O)OC(N)=O. The molecule has 3 atom stereocenters. The number of carbonyl (C=O) groups excluding carboxylic acids is 2. The van der Waals surface area contributed by atoms with Crippen LogP contribution >= 0.6 is 0 Å². The summed E-state index contributed by atoms with van der Waals surface area (Å²) in [5.41, 5.74) is 6.46. The number of aromatic nitrogens is 2. The number of nitrogens with zero attached hydrogens (tertiary/aromatic N) is 2. The van der Waals surface area contributed by atoms with Crippen LogP contribution in [0.4, 0.5) is 4.79 Å². The number of esters is 1. The lowest BCUT2D eigenvalue weighted by Crippen LogP contribution is -2.48. The van der Waals surface area contributed by atoms with Crippen molar-refractivity contribution in [3.05, 3.63) is 73.3 Å². The molecule has 0 bridgehead atoms. The van der Waals surface area contributed by atoms with Gasteiger partial charge in [0.1, 0.15) is 5.75 Å². The predicted molar refractivity (Wildman–Crippen MR) is 134 cm³/mol. The minimum absolute atomic E-state index is 0.217. The topological polar surface area (TPSA) is 115 Å². The van der Waals surface area contributed by atoms with Crippen molar-refractivity contribution in [2.24, 2.45) is 17.1 Å². The molecule has 3 rings (SSSR count). The molecule has 0 saturated heterocycles. The normalized spacial score (nSPS) is 13.9. The molecule has 0 aliphatic carbocycles. The van der Waals surface area contributed by atoms with E-state index in [1.807, 2.05) is 61.5 Å². The second-order valence-electron chi connectivity index (χ2n) is 8.87. The highest BCUT2D eigenvalue weighted by Gasteiger charge is 2.47. The maximum atomic E-state index is 11.8. The molecular weight excluding hydrogens is 462 g/mol. The van der Waals surface area contributed by atoms with E-state index in [0.29, 0.717) is 12.4 Å². The van der Waals surface area contributed by atoms with Gasteiger partial charge < -0.3 is 29.2 Å². The number of benzene rings is 2. The maximum absolute atomic E-state index is 11.8. The monoisotopic (exact) mass is 495 g/mol. The number of carbonyl (C=O) groups is 2. The van der Waals surface area contributed by atoms with Crippen molar-refractivity contribution < 1.29 is 28.5 Å². The van der Waals surface area contributed by atoms with Gasteiger partial charge in [-0.3, -0.25) is 4.79 Å². The zero-order valence-electron chi connectivity index (χ0n) is 21.0. The minimum Gasteiger partial charge on any atom is -0.470 e. The van der Waals surface area contributed by atoms with Crippen LogP contribution < -0.4 is 10.5 Å². The van der Waals surface area contributed by atoms with Crippen molar-refractivity contribution in [3.63, 3.8) is 0 Å². The zero-order valence-corrected chi connectivity index (χ0v) is 21.0. The molecule has 0 spiro atoms. The molecule has 2 aromatic carbocycles. The fourth-order valence-corrected chi connectivity index (χ4v) is 3.93. The summed E-state index contributed by atoms with van der Waals surface area (Å²) in [7, 11) is 0. The van der Waals surface area contributed by atoms with E-state index < -0.39 is 35.9 Å². The smallest absolute Gasteiger partial charge is 0.407 e. The van der Waals surface area contributed by atoms with Gasteiger partial charge in [0.25, 0.3) is 6.29 Å². The van der Waals surface area contributed by atoms with Crippen molar-refractivity contribution in [2.75, 3.05) is 13.2 Å². The molecular formula is C27H33N3O6. The molecule has 3 unspecified atom stereocenters. The minimum atomic E-state index is -1.27. The summed E-state index contributed by atoms with van der Waals surface area (Å²) in [6.45, 7) is 7.39. The van der Waals surface area contributed by atoms with E-state index in [4.69, 9.17) is 24.7 Å². The molecule has 0 aliphatic heterocycles. The van der Waals surface area contributed by atoms with E-state index in [1.165, 1.54) is 6.92 Å². The molecule has 0 aliphatic rings. The Labute approximate surface area is 211 Å². The Morgan fingerprint density at radius 3 is 2.25 bits per heavy atom. The van der Waals surface area contributed by atoms with Crippen molar-refractivity contribution >= 4 is 12.1 Å². The maximum Gasteiger partial charge on any atom is 0.407 e. The van der Waals surface area contributed by atoms with Gasteiger partial charge in [0, 0.05) is 31.3 Å². The van der Waals surface area contributed by atoms with Gasteiger partial charge in [-0.2, -0.15) is 0 Å². The van der Waals surface area contributed by atoms with Crippen LogP contribution in [0.2, 0.25) is 0 Å². The fourth-order valence-electron chi connectivity index (χ4n) is 3.93. The van der Waals surface area contributed by atoms with Gasteiger partial charge in [-0.1, -0.05) is 56.3 Å². The first-order valence-corrected chi connectivity index (χ1v) is 11.7. The highest BCUT2D eigenvalue weighted by atomic mass is 16.7. The van der Waals surface area contributed by atoms with Crippen molar-refractivity contribution in [1.29, 1.82) is 0 Å². The van der Waals surface area contributed by atoms with Gasteiger partial charge in [-0.25, -0.2) is 9.78 Å². The standard InChI is InChI=1S/C27H33N3O6/c1-5-33-17-23(27(3,4)25(34-19(2)31)36-26(28)32)24(30-16-15-29-18-30)35-22-13-11-21(12-14-22)20-9-7-6-8-10-20/h6-16,18,23-25H,5,17H2,1-4H3,(H2,28,32). The number of hydrogen-bond donors (Lipinski definition) is 1. The number of imidazole rings is 1. The molecule has 2 N–H and O–H groups in total. The molecule has 1 aromatic heterocycles. The van der Waals surface area contributed by atoms with Crippen LogP contribution in [-0.4, -0.2) is 41.1 Å². The molecule has 0 saturated carbocycles. The largest absolute Gasteiger partial charge is 0.470 e. The second-order valence-corrected chi connectivity index (χ2v) is 8.87. The highest BCUT2D eigenvalue weighted by molar-refractivity contribution is 5.67.